The topological polar surface area (TPSA) is 44.4 Å². The van der Waals surface area contributed by atoms with Crippen LogP contribution in [0.2, 0.25) is 0 Å². The SMILES string of the molecule is CCC(C)N(C)CCNC(=O)CCC1CCNC1. The van der Waals surface area contributed by atoms with Crippen molar-refractivity contribution in [2.75, 3.05) is 33.2 Å². The molecule has 0 saturated carbocycles. The van der Waals surface area contributed by atoms with E-state index in [-0.39, 0.29) is 5.91 Å². The third kappa shape index (κ3) is 5.83. The number of carbonyl (C=O) groups excluding carboxylic acids is 1. The van der Waals surface area contributed by atoms with Crippen LogP contribution in [0.4, 0.5) is 0 Å². The first kappa shape index (κ1) is 15.4. The van der Waals surface area contributed by atoms with Gasteiger partial charge in [-0.1, -0.05) is 6.92 Å². The molecule has 1 fully saturated rings. The molecule has 1 aliphatic heterocycles. The second-order valence-electron chi connectivity index (χ2n) is 5.49. The van der Waals surface area contributed by atoms with E-state index in [1.165, 1.54) is 6.42 Å². The van der Waals surface area contributed by atoms with Crippen molar-refractivity contribution in [2.45, 2.75) is 45.6 Å². The van der Waals surface area contributed by atoms with Crippen molar-refractivity contribution in [3.8, 4) is 0 Å². The highest BCUT2D eigenvalue weighted by Gasteiger charge is 2.15. The molecule has 4 nitrogen and oxygen atoms in total. The number of amides is 1. The number of hydrogen-bond acceptors (Lipinski definition) is 3. The van der Waals surface area contributed by atoms with Crippen molar-refractivity contribution in [1.29, 1.82) is 0 Å². The van der Waals surface area contributed by atoms with Crippen LogP contribution >= 0.6 is 0 Å². The summed E-state index contributed by atoms with van der Waals surface area (Å²) in [5, 5.41) is 6.35. The second kappa shape index (κ2) is 8.48. The Labute approximate surface area is 111 Å². The third-order valence-corrected chi connectivity index (χ3v) is 4.07. The molecule has 1 saturated heterocycles. The van der Waals surface area contributed by atoms with Crippen LogP contribution in [-0.2, 0) is 4.79 Å². The molecule has 0 aliphatic carbocycles. The van der Waals surface area contributed by atoms with Crippen LogP contribution in [0.3, 0.4) is 0 Å². The number of nitrogens with zero attached hydrogens (tertiary/aromatic N) is 1. The van der Waals surface area contributed by atoms with E-state index in [2.05, 4.69) is 36.4 Å². The van der Waals surface area contributed by atoms with E-state index in [1.54, 1.807) is 0 Å². The average molecular weight is 255 g/mol. The van der Waals surface area contributed by atoms with E-state index in [0.29, 0.717) is 18.4 Å². The molecule has 2 atom stereocenters. The second-order valence-corrected chi connectivity index (χ2v) is 5.49. The molecular weight excluding hydrogens is 226 g/mol. The van der Waals surface area contributed by atoms with Crippen LogP contribution in [0.15, 0.2) is 0 Å². The van der Waals surface area contributed by atoms with Crippen molar-refractivity contribution < 1.29 is 4.79 Å². The molecule has 2 unspecified atom stereocenters. The lowest BCUT2D eigenvalue weighted by molar-refractivity contribution is -0.121. The van der Waals surface area contributed by atoms with Crippen molar-refractivity contribution in [3.05, 3.63) is 0 Å². The van der Waals surface area contributed by atoms with Crippen molar-refractivity contribution in [3.63, 3.8) is 0 Å². The minimum atomic E-state index is 0.208. The molecular formula is C14H29N3O. The summed E-state index contributed by atoms with van der Waals surface area (Å²) in [6.45, 7) is 8.31. The van der Waals surface area contributed by atoms with E-state index in [9.17, 15) is 4.79 Å². The Morgan fingerprint density at radius 3 is 2.94 bits per heavy atom. The van der Waals surface area contributed by atoms with E-state index >= 15 is 0 Å². The fraction of sp³-hybridized carbons (Fsp3) is 0.929. The first-order valence-electron chi connectivity index (χ1n) is 7.31. The molecule has 106 valence electrons. The fourth-order valence-corrected chi connectivity index (χ4v) is 2.29. The summed E-state index contributed by atoms with van der Waals surface area (Å²) in [6, 6.07) is 0.589. The normalized spacial score (nSPS) is 21.2. The zero-order valence-electron chi connectivity index (χ0n) is 12.2. The highest BCUT2D eigenvalue weighted by atomic mass is 16.1. The van der Waals surface area contributed by atoms with Gasteiger partial charge in [0.2, 0.25) is 5.91 Å². The van der Waals surface area contributed by atoms with Crippen LogP contribution < -0.4 is 10.6 Å². The Morgan fingerprint density at radius 2 is 2.33 bits per heavy atom. The maximum absolute atomic E-state index is 11.7. The number of nitrogens with one attached hydrogen (secondary N) is 2. The largest absolute Gasteiger partial charge is 0.355 e. The molecule has 4 heteroatoms. The summed E-state index contributed by atoms with van der Waals surface area (Å²) in [6.07, 6.45) is 4.09. The third-order valence-electron chi connectivity index (χ3n) is 4.07. The molecule has 1 heterocycles. The maximum atomic E-state index is 11.7. The van der Waals surface area contributed by atoms with E-state index < -0.39 is 0 Å². The number of likely N-dealkylation sites (N-methyl/N-ethyl adjacent to an activating group) is 1. The van der Waals surface area contributed by atoms with Gasteiger partial charge in [0, 0.05) is 25.6 Å². The Balaban J connectivity index is 2.02. The van der Waals surface area contributed by atoms with Gasteiger partial charge in [-0.05, 0) is 52.2 Å². The highest BCUT2D eigenvalue weighted by Crippen LogP contribution is 2.13. The average Bonchev–Trinajstić information content (AvgIpc) is 2.88. The van der Waals surface area contributed by atoms with Gasteiger partial charge in [-0.25, -0.2) is 0 Å². The van der Waals surface area contributed by atoms with Crippen molar-refractivity contribution in [1.82, 2.24) is 15.5 Å². The first-order valence-corrected chi connectivity index (χ1v) is 7.31. The fourth-order valence-electron chi connectivity index (χ4n) is 2.29. The summed E-state index contributed by atoms with van der Waals surface area (Å²) in [4.78, 5) is 14.0. The summed E-state index contributed by atoms with van der Waals surface area (Å²) in [5.74, 6) is 0.915. The lowest BCUT2D eigenvalue weighted by atomic mass is 10.0. The van der Waals surface area contributed by atoms with Gasteiger partial charge in [0.1, 0.15) is 0 Å². The maximum Gasteiger partial charge on any atom is 0.220 e. The van der Waals surface area contributed by atoms with Crippen molar-refractivity contribution in [2.24, 2.45) is 5.92 Å². The molecule has 0 radical (unpaired) electrons. The Hall–Kier alpha value is -0.610. The molecule has 18 heavy (non-hydrogen) atoms. The predicted octanol–water partition coefficient (Wildman–Crippen LogP) is 1.22. The smallest absolute Gasteiger partial charge is 0.220 e. The molecule has 0 spiro atoms. The molecule has 1 amide bonds. The van der Waals surface area contributed by atoms with E-state index in [0.717, 1.165) is 39.0 Å². The quantitative estimate of drug-likeness (QED) is 0.685. The monoisotopic (exact) mass is 255 g/mol. The van der Waals surface area contributed by atoms with Crippen molar-refractivity contribution >= 4 is 5.91 Å². The van der Waals surface area contributed by atoms with Gasteiger partial charge in [0.05, 0.1) is 0 Å². The summed E-state index contributed by atoms with van der Waals surface area (Å²) in [7, 11) is 2.12. The van der Waals surface area contributed by atoms with Gasteiger partial charge in [-0.2, -0.15) is 0 Å². The summed E-state index contributed by atoms with van der Waals surface area (Å²) in [5.41, 5.74) is 0. The van der Waals surface area contributed by atoms with Gasteiger partial charge in [0.25, 0.3) is 0 Å². The lowest BCUT2D eigenvalue weighted by Gasteiger charge is -2.23. The Bertz CT molecular complexity index is 239. The minimum Gasteiger partial charge on any atom is -0.355 e. The Morgan fingerprint density at radius 1 is 1.56 bits per heavy atom. The molecule has 2 N–H and O–H groups in total. The summed E-state index contributed by atoms with van der Waals surface area (Å²) < 4.78 is 0. The lowest BCUT2D eigenvalue weighted by Crippen LogP contribution is -2.37. The van der Waals surface area contributed by atoms with Gasteiger partial charge in [-0.3, -0.25) is 4.79 Å². The van der Waals surface area contributed by atoms with Gasteiger partial charge in [0.15, 0.2) is 0 Å². The molecule has 0 bridgehead atoms. The van der Waals surface area contributed by atoms with Crippen LogP contribution in [0, 0.1) is 5.92 Å². The Kier molecular flexibility index (Phi) is 7.28. The number of rotatable bonds is 8. The van der Waals surface area contributed by atoms with E-state index in [1.807, 2.05) is 0 Å². The van der Waals surface area contributed by atoms with Crippen LogP contribution in [0.1, 0.15) is 39.5 Å². The standard InChI is InChI=1S/C14H29N3O/c1-4-12(2)17(3)10-9-16-14(18)6-5-13-7-8-15-11-13/h12-13,15H,4-11H2,1-3H3,(H,16,18). The minimum absolute atomic E-state index is 0.208. The zero-order chi connectivity index (χ0) is 13.4. The first-order chi connectivity index (χ1) is 8.63. The highest BCUT2D eigenvalue weighted by molar-refractivity contribution is 5.75. The van der Waals surface area contributed by atoms with Gasteiger partial charge < -0.3 is 15.5 Å². The molecule has 0 aromatic heterocycles. The van der Waals surface area contributed by atoms with Gasteiger partial charge >= 0.3 is 0 Å². The molecule has 0 aromatic rings. The predicted molar refractivity (Wildman–Crippen MR) is 75.6 cm³/mol. The zero-order valence-corrected chi connectivity index (χ0v) is 12.2. The molecule has 1 aliphatic rings. The van der Waals surface area contributed by atoms with Gasteiger partial charge in [-0.15, -0.1) is 0 Å². The van der Waals surface area contributed by atoms with Crippen LogP contribution in [-0.4, -0.2) is 50.1 Å². The molecule has 0 aromatic carbocycles. The molecule has 1 rings (SSSR count). The van der Waals surface area contributed by atoms with Crippen LogP contribution in [0.5, 0.6) is 0 Å². The summed E-state index contributed by atoms with van der Waals surface area (Å²) >= 11 is 0. The van der Waals surface area contributed by atoms with Crippen LogP contribution in [0.25, 0.3) is 0 Å². The number of carbonyl (C=O) groups is 1. The number of hydrogen-bond donors (Lipinski definition) is 2. The van der Waals surface area contributed by atoms with E-state index in [4.69, 9.17) is 0 Å².